The maximum atomic E-state index is 11.9. The van der Waals surface area contributed by atoms with Gasteiger partial charge in [-0.05, 0) is 36.6 Å². The number of halogens is 1. The Hall–Kier alpha value is -1.81. The van der Waals surface area contributed by atoms with Crippen LogP contribution >= 0.6 is 11.6 Å². The van der Waals surface area contributed by atoms with Crippen molar-refractivity contribution in [3.05, 3.63) is 40.9 Å². The Bertz CT molecular complexity index is 548. The quantitative estimate of drug-likeness (QED) is 0.839. The van der Waals surface area contributed by atoms with E-state index in [-0.39, 0.29) is 0 Å². The molecule has 1 aliphatic rings. The first-order valence-corrected chi connectivity index (χ1v) is 6.89. The molecule has 0 aliphatic heterocycles. The van der Waals surface area contributed by atoms with E-state index in [0.29, 0.717) is 17.9 Å². The van der Waals surface area contributed by atoms with Crippen LogP contribution in [0.3, 0.4) is 0 Å². The molecule has 1 saturated carbocycles. The number of rotatable bonds is 4. The van der Waals surface area contributed by atoms with Crippen molar-refractivity contribution in [1.29, 1.82) is 0 Å². The summed E-state index contributed by atoms with van der Waals surface area (Å²) in [6, 6.07) is 7.08. The first-order valence-electron chi connectivity index (χ1n) is 6.51. The van der Waals surface area contributed by atoms with Crippen LogP contribution in [0.1, 0.15) is 31.2 Å². The van der Waals surface area contributed by atoms with Crippen molar-refractivity contribution < 1.29 is 14.7 Å². The molecule has 0 saturated heterocycles. The lowest BCUT2D eigenvalue weighted by Gasteiger charge is -2.24. The third kappa shape index (κ3) is 3.39. The first kappa shape index (κ1) is 14.6. The van der Waals surface area contributed by atoms with Crippen LogP contribution in [-0.2, 0) is 9.59 Å². The number of carbonyl (C=O) groups is 2. The van der Waals surface area contributed by atoms with Crippen LogP contribution in [0.5, 0.6) is 0 Å². The molecule has 106 valence electrons. The smallest absolute Gasteiger partial charge is 0.329 e. The van der Waals surface area contributed by atoms with E-state index in [1.807, 2.05) is 6.07 Å². The van der Waals surface area contributed by atoms with Crippen LogP contribution in [0.25, 0.3) is 6.08 Å². The van der Waals surface area contributed by atoms with Gasteiger partial charge in [0.15, 0.2) is 0 Å². The normalized spacial score (nSPS) is 17.2. The molecule has 0 spiro atoms. The summed E-state index contributed by atoms with van der Waals surface area (Å²) in [6.07, 6.45) is 5.58. The zero-order valence-corrected chi connectivity index (χ0v) is 11.7. The maximum Gasteiger partial charge on any atom is 0.329 e. The fourth-order valence-corrected chi connectivity index (χ4v) is 2.63. The second kappa shape index (κ2) is 6.09. The number of hydrogen-bond donors (Lipinski definition) is 2. The van der Waals surface area contributed by atoms with Crippen LogP contribution in [0, 0.1) is 0 Å². The molecule has 0 aromatic heterocycles. The maximum absolute atomic E-state index is 11.9. The largest absolute Gasteiger partial charge is 0.480 e. The first-order chi connectivity index (χ1) is 9.52. The van der Waals surface area contributed by atoms with Crippen molar-refractivity contribution in [3.8, 4) is 0 Å². The van der Waals surface area contributed by atoms with Crippen LogP contribution in [-0.4, -0.2) is 22.5 Å². The summed E-state index contributed by atoms with van der Waals surface area (Å²) in [5.41, 5.74) is -0.307. The van der Waals surface area contributed by atoms with Crippen molar-refractivity contribution in [2.24, 2.45) is 0 Å². The van der Waals surface area contributed by atoms with E-state index in [0.717, 1.165) is 18.4 Å². The minimum Gasteiger partial charge on any atom is -0.480 e. The van der Waals surface area contributed by atoms with Crippen LogP contribution < -0.4 is 5.32 Å². The van der Waals surface area contributed by atoms with Gasteiger partial charge in [0, 0.05) is 11.1 Å². The Balaban J connectivity index is 2.03. The number of benzene rings is 1. The fraction of sp³-hybridized carbons (Fsp3) is 0.333. The number of carboxylic acids is 1. The Kier molecular flexibility index (Phi) is 4.45. The zero-order valence-electron chi connectivity index (χ0n) is 10.9. The van der Waals surface area contributed by atoms with Gasteiger partial charge in [-0.25, -0.2) is 4.79 Å². The summed E-state index contributed by atoms with van der Waals surface area (Å²) in [4.78, 5) is 23.2. The minimum absolute atomic E-state index is 0.394. The Morgan fingerprint density at radius 1 is 1.30 bits per heavy atom. The number of hydrogen-bond acceptors (Lipinski definition) is 2. The molecule has 1 amide bonds. The molecule has 2 N–H and O–H groups in total. The van der Waals surface area contributed by atoms with Crippen molar-refractivity contribution in [2.45, 2.75) is 31.2 Å². The summed E-state index contributed by atoms with van der Waals surface area (Å²) in [7, 11) is 0. The van der Waals surface area contributed by atoms with E-state index in [1.54, 1.807) is 24.3 Å². The lowest BCUT2D eigenvalue weighted by Crippen LogP contribution is -2.52. The fourth-order valence-electron chi connectivity index (χ4n) is 2.43. The summed E-state index contributed by atoms with van der Waals surface area (Å²) < 4.78 is 0. The van der Waals surface area contributed by atoms with E-state index in [1.165, 1.54) is 6.08 Å². The summed E-state index contributed by atoms with van der Waals surface area (Å²) in [5.74, 6) is -1.35. The molecule has 0 unspecified atom stereocenters. The highest BCUT2D eigenvalue weighted by Gasteiger charge is 2.42. The van der Waals surface area contributed by atoms with E-state index in [9.17, 15) is 14.7 Å². The Labute approximate surface area is 122 Å². The van der Waals surface area contributed by atoms with Crippen molar-refractivity contribution in [3.63, 3.8) is 0 Å². The van der Waals surface area contributed by atoms with Crippen LogP contribution in [0.15, 0.2) is 30.3 Å². The summed E-state index contributed by atoms with van der Waals surface area (Å²) >= 11 is 5.85. The number of nitrogens with one attached hydrogen (secondary N) is 1. The molecule has 1 aromatic carbocycles. The molecule has 4 nitrogen and oxygen atoms in total. The third-order valence-electron chi connectivity index (χ3n) is 3.50. The zero-order chi connectivity index (χ0) is 14.6. The summed E-state index contributed by atoms with van der Waals surface area (Å²) in [6.45, 7) is 0. The number of carbonyl (C=O) groups excluding carboxylic acids is 1. The Morgan fingerprint density at radius 2 is 2.00 bits per heavy atom. The lowest BCUT2D eigenvalue weighted by molar-refractivity contribution is -0.146. The van der Waals surface area contributed by atoms with Gasteiger partial charge < -0.3 is 10.4 Å². The van der Waals surface area contributed by atoms with Gasteiger partial charge in [-0.3, -0.25) is 4.79 Å². The van der Waals surface area contributed by atoms with E-state index in [2.05, 4.69) is 5.32 Å². The van der Waals surface area contributed by atoms with Gasteiger partial charge in [0.05, 0.1) is 0 Å². The van der Waals surface area contributed by atoms with Gasteiger partial charge in [-0.2, -0.15) is 0 Å². The molecule has 0 radical (unpaired) electrons. The number of carboxylic acid groups (broad SMARTS) is 1. The van der Waals surface area contributed by atoms with E-state index >= 15 is 0 Å². The van der Waals surface area contributed by atoms with Crippen LogP contribution in [0.2, 0.25) is 5.02 Å². The van der Waals surface area contributed by atoms with Gasteiger partial charge in [0.1, 0.15) is 5.54 Å². The molecule has 0 heterocycles. The van der Waals surface area contributed by atoms with Gasteiger partial charge in [-0.1, -0.05) is 36.6 Å². The van der Waals surface area contributed by atoms with Crippen molar-refractivity contribution in [1.82, 2.24) is 5.32 Å². The molecule has 1 aliphatic carbocycles. The van der Waals surface area contributed by atoms with Crippen molar-refractivity contribution in [2.75, 3.05) is 0 Å². The number of amides is 1. The Morgan fingerprint density at radius 3 is 2.60 bits per heavy atom. The molecule has 2 rings (SSSR count). The number of aliphatic carboxylic acids is 1. The average molecular weight is 294 g/mol. The molecular weight excluding hydrogens is 278 g/mol. The monoisotopic (exact) mass is 293 g/mol. The molecular formula is C15H16ClNO3. The van der Waals surface area contributed by atoms with Crippen LogP contribution in [0.4, 0.5) is 0 Å². The molecule has 5 heteroatoms. The topological polar surface area (TPSA) is 66.4 Å². The molecule has 0 bridgehead atoms. The lowest BCUT2D eigenvalue weighted by atomic mass is 9.98. The predicted octanol–water partition coefficient (Wildman–Crippen LogP) is 2.87. The van der Waals surface area contributed by atoms with Gasteiger partial charge in [0.2, 0.25) is 5.91 Å². The molecule has 1 aromatic rings. The minimum atomic E-state index is -1.10. The van der Waals surface area contributed by atoms with E-state index in [4.69, 9.17) is 11.6 Å². The highest BCUT2D eigenvalue weighted by Crippen LogP contribution is 2.29. The van der Waals surface area contributed by atoms with Gasteiger partial charge in [0.25, 0.3) is 0 Å². The van der Waals surface area contributed by atoms with Gasteiger partial charge >= 0.3 is 5.97 Å². The second-order valence-electron chi connectivity index (χ2n) is 4.97. The highest BCUT2D eigenvalue weighted by atomic mass is 35.5. The predicted molar refractivity (Wildman–Crippen MR) is 77.5 cm³/mol. The second-order valence-corrected chi connectivity index (χ2v) is 5.41. The molecule has 1 fully saturated rings. The van der Waals surface area contributed by atoms with Crippen molar-refractivity contribution >= 4 is 29.6 Å². The molecule has 20 heavy (non-hydrogen) atoms. The third-order valence-corrected chi connectivity index (χ3v) is 3.74. The standard InChI is InChI=1S/C15H16ClNO3/c16-12-5-3-4-11(10-12)6-7-13(18)17-15(14(19)20)8-1-2-9-15/h3-7,10H,1-2,8-9H2,(H,17,18)(H,19,20)/b7-6+. The molecule has 0 atom stereocenters. The van der Waals surface area contributed by atoms with Gasteiger partial charge in [-0.15, -0.1) is 0 Å². The highest BCUT2D eigenvalue weighted by molar-refractivity contribution is 6.30. The summed E-state index contributed by atoms with van der Waals surface area (Å²) in [5, 5.41) is 12.5. The average Bonchev–Trinajstić information content (AvgIpc) is 2.86. The van der Waals surface area contributed by atoms with E-state index < -0.39 is 17.4 Å². The SMILES string of the molecule is O=C(/C=C/c1cccc(Cl)c1)NC1(C(=O)O)CCCC1.